The van der Waals surface area contributed by atoms with Gasteiger partial charge in [-0.2, -0.15) is 0 Å². The van der Waals surface area contributed by atoms with E-state index in [0.29, 0.717) is 0 Å². The first kappa shape index (κ1) is 11.6. The molecule has 0 saturated carbocycles. The fraction of sp³-hybridized carbons (Fsp3) is 0.500. The Morgan fingerprint density at radius 2 is 2.07 bits per heavy atom. The highest BCUT2D eigenvalue weighted by Gasteiger charge is 2.25. The summed E-state index contributed by atoms with van der Waals surface area (Å²) >= 11 is 3.35. The van der Waals surface area contributed by atoms with E-state index >= 15 is 0 Å². The molecule has 14 heavy (non-hydrogen) atoms. The van der Waals surface area contributed by atoms with Crippen molar-refractivity contribution in [3.63, 3.8) is 0 Å². The van der Waals surface area contributed by atoms with E-state index in [1.54, 1.807) is 6.20 Å². The van der Waals surface area contributed by atoms with Crippen molar-refractivity contribution in [2.24, 2.45) is 11.3 Å². The number of hydrazine groups is 1. The van der Waals surface area contributed by atoms with Gasteiger partial charge in [0.2, 0.25) is 0 Å². The Bertz CT molecular complexity index is 289. The maximum atomic E-state index is 5.53. The zero-order valence-electron chi connectivity index (χ0n) is 8.71. The minimum atomic E-state index is 0.0512. The topological polar surface area (TPSA) is 50.9 Å². The van der Waals surface area contributed by atoms with E-state index in [2.05, 4.69) is 47.1 Å². The van der Waals surface area contributed by atoms with Gasteiger partial charge in [0.25, 0.3) is 0 Å². The van der Waals surface area contributed by atoms with E-state index in [-0.39, 0.29) is 11.5 Å². The molecule has 78 valence electrons. The van der Waals surface area contributed by atoms with E-state index in [1.165, 1.54) is 0 Å². The van der Waals surface area contributed by atoms with Crippen LogP contribution in [0.4, 0.5) is 0 Å². The van der Waals surface area contributed by atoms with E-state index in [0.717, 1.165) is 10.2 Å². The van der Waals surface area contributed by atoms with Crippen LogP contribution in [0.2, 0.25) is 0 Å². The summed E-state index contributed by atoms with van der Waals surface area (Å²) < 4.78 is 0.978. The van der Waals surface area contributed by atoms with Gasteiger partial charge in [0.15, 0.2) is 0 Å². The second-order valence-electron chi connectivity index (χ2n) is 4.37. The fourth-order valence-corrected chi connectivity index (χ4v) is 1.57. The molecule has 1 heterocycles. The fourth-order valence-electron chi connectivity index (χ4n) is 1.34. The Labute approximate surface area is 93.2 Å². The molecule has 4 heteroatoms. The smallest absolute Gasteiger partial charge is 0.0680 e. The number of nitrogens with two attached hydrogens (primary N) is 1. The molecule has 1 atom stereocenters. The van der Waals surface area contributed by atoms with Crippen LogP contribution in [0.3, 0.4) is 0 Å². The lowest BCUT2D eigenvalue weighted by molar-refractivity contribution is 0.270. The van der Waals surface area contributed by atoms with Crippen LogP contribution in [0.5, 0.6) is 0 Å². The van der Waals surface area contributed by atoms with Crippen molar-refractivity contribution in [3.8, 4) is 0 Å². The number of nitrogens with zero attached hydrogens (tertiary/aromatic N) is 1. The lowest BCUT2D eigenvalue weighted by atomic mass is 9.85. The predicted octanol–water partition coefficient (Wildman–Crippen LogP) is 2.39. The number of nitrogens with one attached hydrogen (secondary N) is 1. The maximum absolute atomic E-state index is 5.53. The quantitative estimate of drug-likeness (QED) is 0.632. The summed E-state index contributed by atoms with van der Waals surface area (Å²) in [5.41, 5.74) is 3.81. The first-order chi connectivity index (χ1) is 6.45. The first-order valence-electron chi connectivity index (χ1n) is 4.52. The highest BCUT2D eigenvalue weighted by molar-refractivity contribution is 9.10. The molecule has 0 aliphatic heterocycles. The number of hydrogen-bond acceptors (Lipinski definition) is 3. The van der Waals surface area contributed by atoms with Crippen LogP contribution < -0.4 is 11.3 Å². The third kappa shape index (κ3) is 2.77. The Morgan fingerprint density at radius 3 is 2.43 bits per heavy atom. The molecule has 0 saturated heterocycles. The van der Waals surface area contributed by atoms with Gasteiger partial charge < -0.3 is 0 Å². The molecular weight excluding hydrogens is 242 g/mol. The van der Waals surface area contributed by atoms with Crippen molar-refractivity contribution >= 4 is 15.9 Å². The summed E-state index contributed by atoms with van der Waals surface area (Å²) in [6, 6.07) is 4.01. The number of rotatable bonds is 2. The standard InChI is InChI=1S/C10H16BrN3/c1-10(2,3)9(14-12)8-5-4-7(11)6-13-8/h4-6,9,14H,12H2,1-3H3. The van der Waals surface area contributed by atoms with Gasteiger partial charge >= 0.3 is 0 Å². The number of hydrogen-bond donors (Lipinski definition) is 2. The van der Waals surface area contributed by atoms with Gasteiger partial charge in [-0.05, 0) is 33.5 Å². The van der Waals surface area contributed by atoms with Crippen LogP contribution in [-0.2, 0) is 0 Å². The van der Waals surface area contributed by atoms with Crippen LogP contribution >= 0.6 is 15.9 Å². The molecule has 3 N–H and O–H groups in total. The number of halogens is 1. The monoisotopic (exact) mass is 257 g/mol. The summed E-state index contributed by atoms with van der Waals surface area (Å²) in [5, 5.41) is 0. The Morgan fingerprint density at radius 1 is 1.43 bits per heavy atom. The van der Waals surface area contributed by atoms with Crippen molar-refractivity contribution in [2.45, 2.75) is 26.8 Å². The Kier molecular flexibility index (Phi) is 3.64. The van der Waals surface area contributed by atoms with Gasteiger partial charge in [0.05, 0.1) is 11.7 Å². The SMILES string of the molecule is CC(C)(C)C(NN)c1ccc(Br)cn1. The van der Waals surface area contributed by atoms with Crippen LogP contribution in [-0.4, -0.2) is 4.98 Å². The second-order valence-corrected chi connectivity index (χ2v) is 5.28. The minimum absolute atomic E-state index is 0.0512. The normalized spacial score (nSPS) is 14.1. The van der Waals surface area contributed by atoms with Crippen molar-refractivity contribution in [2.75, 3.05) is 0 Å². The highest BCUT2D eigenvalue weighted by atomic mass is 79.9. The van der Waals surface area contributed by atoms with Crippen LogP contribution in [0.1, 0.15) is 32.5 Å². The van der Waals surface area contributed by atoms with Crippen molar-refractivity contribution in [1.82, 2.24) is 10.4 Å². The van der Waals surface area contributed by atoms with E-state index in [9.17, 15) is 0 Å². The molecule has 0 radical (unpaired) electrons. The predicted molar refractivity (Wildman–Crippen MR) is 61.5 cm³/mol. The molecule has 0 aliphatic carbocycles. The molecule has 0 aromatic carbocycles. The molecule has 0 fully saturated rings. The zero-order valence-corrected chi connectivity index (χ0v) is 10.3. The summed E-state index contributed by atoms with van der Waals surface area (Å²) in [7, 11) is 0. The molecule has 0 spiro atoms. The summed E-state index contributed by atoms with van der Waals surface area (Å²) in [6.45, 7) is 6.38. The lowest BCUT2D eigenvalue weighted by Gasteiger charge is -2.29. The summed E-state index contributed by atoms with van der Waals surface area (Å²) in [6.07, 6.45) is 1.78. The van der Waals surface area contributed by atoms with E-state index in [1.807, 2.05) is 12.1 Å². The third-order valence-electron chi connectivity index (χ3n) is 2.08. The molecule has 1 unspecified atom stereocenters. The molecule has 0 bridgehead atoms. The van der Waals surface area contributed by atoms with Crippen molar-refractivity contribution in [1.29, 1.82) is 0 Å². The molecule has 0 amide bonds. The third-order valence-corrected chi connectivity index (χ3v) is 2.55. The van der Waals surface area contributed by atoms with Gasteiger partial charge in [-0.25, -0.2) is 0 Å². The van der Waals surface area contributed by atoms with E-state index in [4.69, 9.17) is 5.84 Å². The zero-order chi connectivity index (χ0) is 10.8. The van der Waals surface area contributed by atoms with Gasteiger partial charge in [0, 0.05) is 10.7 Å². The largest absolute Gasteiger partial charge is 0.271 e. The van der Waals surface area contributed by atoms with Crippen LogP contribution in [0.25, 0.3) is 0 Å². The Balaban J connectivity index is 2.96. The molecule has 1 rings (SSSR count). The van der Waals surface area contributed by atoms with Crippen LogP contribution in [0.15, 0.2) is 22.8 Å². The summed E-state index contributed by atoms with van der Waals surface area (Å²) in [4.78, 5) is 4.33. The number of aromatic nitrogens is 1. The van der Waals surface area contributed by atoms with E-state index < -0.39 is 0 Å². The number of pyridine rings is 1. The Hall–Kier alpha value is -0.450. The average Bonchev–Trinajstić information content (AvgIpc) is 2.07. The molecule has 3 nitrogen and oxygen atoms in total. The first-order valence-corrected chi connectivity index (χ1v) is 5.32. The van der Waals surface area contributed by atoms with Crippen molar-refractivity contribution < 1.29 is 0 Å². The maximum Gasteiger partial charge on any atom is 0.0680 e. The second kappa shape index (κ2) is 4.38. The van der Waals surface area contributed by atoms with Gasteiger partial charge in [-0.1, -0.05) is 20.8 Å². The highest BCUT2D eigenvalue weighted by Crippen LogP contribution is 2.30. The molecular formula is C10H16BrN3. The molecule has 0 aliphatic rings. The molecule has 1 aromatic heterocycles. The summed E-state index contributed by atoms with van der Waals surface area (Å²) in [5.74, 6) is 5.53. The minimum Gasteiger partial charge on any atom is -0.271 e. The average molecular weight is 258 g/mol. The van der Waals surface area contributed by atoms with Gasteiger partial charge in [-0.15, -0.1) is 0 Å². The van der Waals surface area contributed by atoms with Crippen molar-refractivity contribution in [3.05, 3.63) is 28.5 Å². The van der Waals surface area contributed by atoms with Gasteiger partial charge in [0.1, 0.15) is 0 Å². The lowest BCUT2D eigenvalue weighted by Crippen LogP contribution is -2.37. The molecule has 1 aromatic rings. The van der Waals surface area contributed by atoms with Gasteiger partial charge in [-0.3, -0.25) is 16.3 Å². The van der Waals surface area contributed by atoms with Crippen LogP contribution in [0, 0.1) is 5.41 Å².